The Balaban J connectivity index is 1.66. The van der Waals surface area contributed by atoms with Crippen LogP contribution in [-0.2, 0) is 0 Å². The van der Waals surface area contributed by atoms with Gasteiger partial charge in [0.1, 0.15) is 0 Å². The summed E-state index contributed by atoms with van der Waals surface area (Å²) in [6, 6.07) is 0. The van der Waals surface area contributed by atoms with Crippen LogP contribution in [0.15, 0.2) is 35.5 Å². The van der Waals surface area contributed by atoms with E-state index in [0.717, 1.165) is 38.0 Å². The molecule has 6 atom stereocenters. The van der Waals surface area contributed by atoms with Crippen LogP contribution in [0.2, 0.25) is 0 Å². The summed E-state index contributed by atoms with van der Waals surface area (Å²) in [5.74, 6) is 2.07. The molecular formula is C27H44O3. The van der Waals surface area contributed by atoms with Crippen molar-refractivity contribution in [2.75, 3.05) is 6.61 Å². The van der Waals surface area contributed by atoms with Crippen LogP contribution >= 0.6 is 0 Å². The number of fused-ring (bicyclic) bond motifs is 1. The normalized spacial score (nSPS) is 37.9. The van der Waals surface area contributed by atoms with E-state index in [1.54, 1.807) is 12.5 Å². The maximum atomic E-state index is 10.1. The lowest BCUT2D eigenvalue weighted by atomic mass is 9.60. The summed E-state index contributed by atoms with van der Waals surface area (Å²) in [5, 5.41) is 29.4. The van der Waals surface area contributed by atoms with Crippen molar-refractivity contribution >= 4 is 0 Å². The van der Waals surface area contributed by atoms with Crippen LogP contribution in [0.4, 0.5) is 0 Å². The SMILES string of the molecule is C=C1CC[C@H](O)C/C1=C\C=C1/CCC[C@]2(C)[C@@H]([C@H](C)CCC[C@](C)(O)CO)CC[C@@H]12. The smallest absolute Gasteiger partial charge is 0.0849 e. The van der Waals surface area contributed by atoms with Gasteiger partial charge in [-0.05, 0) is 93.5 Å². The third kappa shape index (κ3) is 5.29. The van der Waals surface area contributed by atoms with Crippen LogP contribution in [0.3, 0.4) is 0 Å². The number of allylic oxidation sites excluding steroid dienone is 4. The van der Waals surface area contributed by atoms with Gasteiger partial charge in [0.25, 0.3) is 0 Å². The molecule has 0 bridgehead atoms. The van der Waals surface area contributed by atoms with E-state index in [2.05, 4.69) is 32.6 Å². The van der Waals surface area contributed by atoms with Gasteiger partial charge in [-0.25, -0.2) is 0 Å². The van der Waals surface area contributed by atoms with Crippen molar-refractivity contribution < 1.29 is 15.3 Å². The molecule has 3 heteroatoms. The van der Waals surface area contributed by atoms with Crippen LogP contribution in [0.5, 0.6) is 0 Å². The number of hydrogen-bond acceptors (Lipinski definition) is 3. The van der Waals surface area contributed by atoms with Gasteiger partial charge in [0.15, 0.2) is 0 Å². The van der Waals surface area contributed by atoms with Crippen molar-refractivity contribution in [2.24, 2.45) is 23.2 Å². The lowest BCUT2D eigenvalue weighted by Crippen LogP contribution is -2.36. The summed E-state index contributed by atoms with van der Waals surface area (Å²) in [7, 11) is 0. The van der Waals surface area contributed by atoms with Crippen molar-refractivity contribution in [3.05, 3.63) is 35.5 Å². The van der Waals surface area contributed by atoms with E-state index >= 15 is 0 Å². The molecule has 3 rings (SSSR count). The first kappa shape index (κ1) is 23.8. The fourth-order valence-electron chi connectivity index (χ4n) is 6.69. The molecular weight excluding hydrogens is 372 g/mol. The zero-order valence-electron chi connectivity index (χ0n) is 19.5. The molecule has 0 spiro atoms. The summed E-state index contributed by atoms with van der Waals surface area (Å²) in [6.45, 7) is 10.7. The monoisotopic (exact) mass is 416 g/mol. The lowest BCUT2D eigenvalue weighted by molar-refractivity contribution is -0.00891. The first-order valence-corrected chi connectivity index (χ1v) is 12.3. The topological polar surface area (TPSA) is 60.7 Å². The van der Waals surface area contributed by atoms with Crippen molar-refractivity contribution in [3.8, 4) is 0 Å². The summed E-state index contributed by atoms with van der Waals surface area (Å²) >= 11 is 0. The van der Waals surface area contributed by atoms with Gasteiger partial charge in [0.2, 0.25) is 0 Å². The third-order valence-electron chi connectivity index (χ3n) is 8.63. The van der Waals surface area contributed by atoms with Gasteiger partial charge in [0.05, 0.1) is 18.3 Å². The molecule has 30 heavy (non-hydrogen) atoms. The molecule has 3 N–H and O–H groups in total. The van der Waals surface area contributed by atoms with Gasteiger partial charge in [-0.3, -0.25) is 0 Å². The molecule has 0 amide bonds. The summed E-state index contributed by atoms with van der Waals surface area (Å²) in [5.41, 5.74) is 3.50. The van der Waals surface area contributed by atoms with Gasteiger partial charge >= 0.3 is 0 Å². The van der Waals surface area contributed by atoms with Gasteiger partial charge < -0.3 is 15.3 Å². The first-order chi connectivity index (χ1) is 14.2. The van der Waals surface area contributed by atoms with Crippen molar-refractivity contribution in [3.63, 3.8) is 0 Å². The molecule has 0 saturated heterocycles. The number of hydrogen-bond donors (Lipinski definition) is 3. The molecule has 0 aliphatic heterocycles. The van der Waals surface area contributed by atoms with Crippen molar-refractivity contribution in [2.45, 2.75) is 103 Å². The molecule has 0 aromatic rings. The molecule has 0 unspecified atom stereocenters. The van der Waals surface area contributed by atoms with Crippen LogP contribution in [0.25, 0.3) is 0 Å². The lowest BCUT2D eigenvalue weighted by Gasteiger charge is -2.44. The molecule has 3 saturated carbocycles. The second kappa shape index (κ2) is 9.71. The van der Waals surface area contributed by atoms with E-state index in [-0.39, 0.29) is 12.7 Å². The molecule has 3 nitrogen and oxygen atoms in total. The molecule has 0 radical (unpaired) electrons. The predicted molar refractivity (Wildman–Crippen MR) is 124 cm³/mol. The molecule has 170 valence electrons. The van der Waals surface area contributed by atoms with E-state index in [9.17, 15) is 15.3 Å². The Labute approximate surface area is 184 Å². The summed E-state index contributed by atoms with van der Waals surface area (Å²) in [6.07, 6.45) is 16.1. The van der Waals surface area contributed by atoms with Crippen LogP contribution in [0, 0.1) is 23.2 Å². The molecule has 0 heterocycles. The van der Waals surface area contributed by atoms with Crippen molar-refractivity contribution in [1.82, 2.24) is 0 Å². The van der Waals surface area contributed by atoms with Crippen molar-refractivity contribution in [1.29, 1.82) is 0 Å². The van der Waals surface area contributed by atoms with Gasteiger partial charge in [-0.1, -0.05) is 56.6 Å². The Bertz CT molecular complexity index is 674. The summed E-state index contributed by atoms with van der Waals surface area (Å²) in [4.78, 5) is 0. The van der Waals surface area contributed by atoms with E-state index < -0.39 is 5.60 Å². The first-order valence-electron chi connectivity index (χ1n) is 12.3. The molecule has 0 aromatic carbocycles. The minimum atomic E-state index is -0.938. The van der Waals surface area contributed by atoms with Crippen LogP contribution in [0.1, 0.15) is 91.4 Å². The Kier molecular flexibility index (Phi) is 7.69. The quantitative estimate of drug-likeness (QED) is 0.498. The highest BCUT2D eigenvalue weighted by molar-refractivity contribution is 5.36. The van der Waals surface area contributed by atoms with Crippen LogP contribution in [-0.4, -0.2) is 33.6 Å². The maximum absolute atomic E-state index is 10.1. The fourth-order valence-corrected chi connectivity index (χ4v) is 6.69. The zero-order valence-corrected chi connectivity index (χ0v) is 19.5. The van der Waals surface area contributed by atoms with E-state index in [4.69, 9.17) is 0 Å². The highest BCUT2D eigenvalue weighted by atomic mass is 16.3. The number of rotatable bonds is 7. The largest absolute Gasteiger partial charge is 0.393 e. The average molecular weight is 417 g/mol. The Morgan fingerprint density at radius 3 is 2.73 bits per heavy atom. The van der Waals surface area contributed by atoms with Gasteiger partial charge in [-0.2, -0.15) is 0 Å². The Hall–Kier alpha value is -0.900. The maximum Gasteiger partial charge on any atom is 0.0849 e. The average Bonchev–Trinajstić information content (AvgIpc) is 3.06. The van der Waals surface area contributed by atoms with E-state index in [0.29, 0.717) is 23.7 Å². The highest BCUT2D eigenvalue weighted by Gasteiger charge is 2.50. The molecule has 3 fully saturated rings. The van der Waals surface area contributed by atoms with E-state index in [1.807, 2.05) is 0 Å². The fraction of sp³-hybridized carbons (Fsp3) is 0.778. The predicted octanol–water partition coefficient (Wildman–Crippen LogP) is 5.71. The second-order valence-electron chi connectivity index (χ2n) is 11.1. The van der Waals surface area contributed by atoms with Gasteiger partial charge in [-0.15, -0.1) is 0 Å². The van der Waals surface area contributed by atoms with Crippen LogP contribution < -0.4 is 0 Å². The number of aliphatic hydroxyl groups is 3. The highest BCUT2D eigenvalue weighted by Crippen LogP contribution is 2.60. The standard InChI is InChI=1S/C27H44O3/c1-19-9-12-23(29)17-22(19)11-10-21-8-6-16-27(4)24(13-14-25(21)27)20(2)7-5-15-26(3,30)18-28/h10-11,20,23-25,28-30H,1,5-9,12-18H2,2-4H3/b21-10+,22-11+/t20-,23+,24-,25+,26+,27-/m1/s1. The molecule has 3 aliphatic rings. The minimum Gasteiger partial charge on any atom is -0.393 e. The zero-order chi connectivity index (χ0) is 21.9. The number of aliphatic hydroxyl groups excluding tert-OH is 2. The Morgan fingerprint density at radius 1 is 1.23 bits per heavy atom. The minimum absolute atomic E-state index is 0.155. The molecule has 0 aromatic heterocycles. The molecule has 3 aliphatic carbocycles. The van der Waals surface area contributed by atoms with Gasteiger partial charge in [0, 0.05) is 0 Å². The third-order valence-corrected chi connectivity index (χ3v) is 8.63. The summed E-state index contributed by atoms with van der Waals surface area (Å²) < 4.78 is 0. The second-order valence-corrected chi connectivity index (χ2v) is 11.1. The Morgan fingerprint density at radius 2 is 2.00 bits per heavy atom. The van der Waals surface area contributed by atoms with E-state index in [1.165, 1.54) is 43.3 Å².